The van der Waals surface area contributed by atoms with Crippen molar-refractivity contribution in [2.75, 3.05) is 11.9 Å². The third-order valence-electron chi connectivity index (χ3n) is 3.60. The largest absolute Gasteiger partial charge is 0.388 e. The first-order valence-electron chi connectivity index (χ1n) is 6.77. The minimum absolute atomic E-state index is 0.147. The average molecular weight is 286 g/mol. The molecule has 0 saturated heterocycles. The van der Waals surface area contributed by atoms with Crippen LogP contribution in [0.1, 0.15) is 39.0 Å². The minimum Gasteiger partial charge on any atom is -0.388 e. The lowest BCUT2D eigenvalue weighted by Gasteiger charge is -2.36. The molecule has 1 saturated carbocycles. The number of unbranched alkanes of at least 4 members (excludes halogenated alkanes) is 1. The highest BCUT2D eigenvalue weighted by Gasteiger charge is 2.34. The van der Waals surface area contributed by atoms with Crippen LogP contribution in [0.5, 0.6) is 0 Å². The Balaban J connectivity index is 2.05. The first-order valence-corrected chi connectivity index (χ1v) is 7.15. The van der Waals surface area contributed by atoms with E-state index in [-0.39, 0.29) is 10.6 Å². The molecular weight excluding hydrogens is 266 g/mol. The van der Waals surface area contributed by atoms with Crippen LogP contribution in [-0.4, -0.2) is 27.0 Å². The van der Waals surface area contributed by atoms with Gasteiger partial charge in [0.25, 0.3) is 5.56 Å². The minimum atomic E-state index is -0.652. The van der Waals surface area contributed by atoms with Crippen LogP contribution < -0.4 is 10.9 Å². The quantitative estimate of drug-likeness (QED) is 0.839. The van der Waals surface area contributed by atoms with E-state index in [1.165, 1.54) is 4.68 Å². The summed E-state index contributed by atoms with van der Waals surface area (Å²) in [6.45, 7) is 3.05. The van der Waals surface area contributed by atoms with Crippen LogP contribution in [0.15, 0.2) is 11.0 Å². The van der Waals surface area contributed by atoms with Gasteiger partial charge in [0.05, 0.1) is 17.5 Å². The second-order valence-electron chi connectivity index (χ2n) is 5.19. The number of hydrogen-bond donors (Lipinski definition) is 2. The molecular formula is C13H20ClN3O2. The van der Waals surface area contributed by atoms with Crippen LogP contribution in [0.2, 0.25) is 5.02 Å². The zero-order chi connectivity index (χ0) is 13.9. The molecule has 1 aliphatic rings. The van der Waals surface area contributed by atoms with Gasteiger partial charge in [0.1, 0.15) is 5.02 Å². The number of anilines is 1. The van der Waals surface area contributed by atoms with E-state index in [2.05, 4.69) is 17.3 Å². The van der Waals surface area contributed by atoms with Gasteiger partial charge in [-0.1, -0.05) is 24.9 Å². The van der Waals surface area contributed by atoms with Gasteiger partial charge in [-0.25, -0.2) is 4.68 Å². The van der Waals surface area contributed by atoms with Crippen LogP contribution in [0.25, 0.3) is 0 Å². The zero-order valence-corrected chi connectivity index (χ0v) is 11.9. The van der Waals surface area contributed by atoms with Crippen molar-refractivity contribution in [3.8, 4) is 0 Å². The predicted octanol–water partition coefficient (Wildman–Crippen LogP) is 2.02. The van der Waals surface area contributed by atoms with Gasteiger partial charge in [-0.2, -0.15) is 5.10 Å². The molecule has 1 aliphatic carbocycles. The highest BCUT2D eigenvalue weighted by Crippen LogP contribution is 2.32. The summed E-state index contributed by atoms with van der Waals surface area (Å²) in [5, 5.41) is 17.3. The van der Waals surface area contributed by atoms with E-state index >= 15 is 0 Å². The van der Waals surface area contributed by atoms with E-state index in [1.54, 1.807) is 6.20 Å². The summed E-state index contributed by atoms with van der Waals surface area (Å²) in [5.41, 5.74) is -0.430. The Hall–Kier alpha value is -1.07. The Morgan fingerprint density at radius 2 is 2.32 bits per heavy atom. The van der Waals surface area contributed by atoms with Crippen molar-refractivity contribution in [1.82, 2.24) is 9.78 Å². The molecule has 0 atom stereocenters. The fourth-order valence-corrected chi connectivity index (χ4v) is 2.29. The number of aliphatic hydroxyl groups is 1. The zero-order valence-electron chi connectivity index (χ0n) is 11.2. The molecule has 1 aromatic heterocycles. The summed E-state index contributed by atoms with van der Waals surface area (Å²) < 4.78 is 1.38. The van der Waals surface area contributed by atoms with Crippen LogP contribution in [0.3, 0.4) is 0 Å². The molecule has 6 heteroatoms. The smallest absolute Gasteiger partial charge is 0.287 e. The Labute approximate surface area is 117 Å². The lowest BCUT2D eigenvalue weighted by Crippen LogP contribution is -2.43. The van der Waals surface area contributed by atoms with Crippen LogP contribution in [0.4, 0.5) is 5.69 Å². The average Bonchev–Trinajstić information content (AvgIpc) is 2.37. The van der Waals surface area contributed by atoms with E-state index in [1.807, 2.05) is 0 Å². The van der Waals surface area contributed by atoms with E-state index in [9.17, 15) is 9.90 Å². The second kappa shape index (κ2) is 5.92. The molecule has 0 unspecified atom stereocenters. The molecule has 0 aromatic carbocycles. The van der Waals surface area contributed by atoms with Gasteiger partial charge >= 0.3 is 0 Å². The number of rotatable bonds is 6. The van der Waals surface area contributed by atoms with Crippen LogP contribution in [0, 0.1) is 0 Å². The lowest BCUT2D eigenvalue weighted by molar-refractivity contribution is -0.0202. The third-order valence-corrected chi connectivity index (χ3v) is 3.97. The fourth-order valence-electron chi connectivity index (χ4n) is 2.08. The number of aromatic nitrogens is 2. The summed E-state index contributed by atoms with van der Waals surface area (Å²) in [5.74, 6) is 0. The molecule has 0 aliphatic heterocycles. The van der Waals surface area contributed by atoms with Crippen molar-refractivity contribution in [3.63, 3.8) is 0 Å². The Morgan fingerprint density at radius 1 is 1.58 bits per heavy atom. The summed E-state index contributed by atoms with van der Waals surface area (Å²) in [6, 6.07) is 0. The molecule has 106 valence electrons. The van der Waals surface area contributed by atoms with E-state index in [4.69, 9.17) is 11.6 Å². The maximum absolute atomic E-state index is 12.0. The fraction of sp³-hybridized carbons (Fsp3) is 0.692. The first kappa shape index (κ1) is 14.3. The first-order chi connectivity index (χ1) is 9.06. The summed E-state index contributed by atoms with van der Waals surface area (Å²) in [7, 11) is 0. The number of nitrogens with one attached hydrogen (secondary N) is 1. The highest BCUT2D eigenvalue weighted by molar-refractivity contribution is 6.32. The number of hydrogen-bond acceptors (Lipinski definition) is 4. The van der Waals surface area contributed by atoms with Gasteiger partial charge in [-0.3, -0.25) is 4.79 Å². The van der Waals surface area contributed by atoms with Crippen molar-refractivity contribution in [2.24, 2.45) is 0 Å². The van der Waals surface area contributed by atoms with Gasteiger partial charge < -0.3 is 10.4 Å². The van der Waals surface area contributed by atoms with Gasteiger partial charge in [0, 0.05) is 13.1 Å². The van der Waals surface area contributed by atoms with Gasteiger partial charge in [0.2, 0.25) is 0 Å². The molecule has 2 rings (SSSR count). The molecule has 1 fully saturated rings. The predicted molar refractivity (Wildman–Crippen MR) is 75.7 cm³/mol. The van der Waals surface area contributed by atoms with Gasteiger partial charge in [0.15, 0.2) is 0 Å². The van der Waals surface area contributed by atoms with Crippen molar-refractivity contribution in [1.29, 1.82) is 0 Å². The van der Waals surface area contributed by atoms with Crippen molar-refractivity contribution in [3.05, 3.63) is 21.6 Å². The van der Waals surface area contributed by atoms with Crippen LogP contribution >= 0.6 is 11.6 Å². The van der Waals surface area contributed by atoms with E-state index in [0.717, 1.165) is 32.1 Å². The normalized spacial score (nSPS) is 17.0. The topological polar surface area (TPSA) is 67.2 Å². The molecule has 0 amide bonds. The van der Waals surface area contributed by atoms with Gasteiger partial charge in [-0.05, 0) is 25.7 Å². The van der Waals surface area contributed by atoms with Crippen molar-refractivity contribution in [2.45, 2.75) is 51.2 Å². The maximum Gasteiger partial charge on any atom is 0.287 e. The second-order valence-corrected chi connectivity index (χ2v) is 5.56. The SMILES string of the molecule is CCCCn1ncc(NCC2(O)CCC2)c(Cl)c1=O. The maximum atomic E-state index is 12.0. The number of aryl methyl sites for hydroxylation is 1. The summed E-state index contributed by atoms with van der Waals surface area (Å²) in [4.78, 5) is 12.0. The molecule has 1 heterocycles. The lowest BCUT2D eigenvalue weighted by atomic mass is 9.80. The highest BCUT2D eigenvalue weighted by atomic mass is 35.5. The standard InChI is InChI=1S/C13H20ClN3O2/c1-2-3-7-17-12(18)11(14)10(8-16-17)15-9-13(19)5-4-6-13/h8,15,19H,2-7,9H2,1H3. The Bertz CT molecular complexity index is 497. The van der Waals surface area contributed by atoms with Crippen LogP contribution in [-0.2, 0) is 6.54 Å². The molecule has 5 nitrogen and oxygen atoms in total. The Morgan fingerprint density at radius 3 is 2.89 bits per heavy atom. The monoisotopic (exact) mass is 285 g/mol. The number of nitrogens with zero attached hydrogens (tertiary/aromatic N) is 2. The molecule has 1 aromatic rings. The van der Waals surface area contributed by atoms with Crippen molar-refractivity contribution >= 4 is 17.3 Å². The molecule has 2 N–H and O–H groups in total. The molecule has 0 radical (unpaired) electrons. The van der Waals surface area contributed by atoms with E-state index < -0.39 is 5.60 Å². The summed E-state index contributed by atoms with van der Waals surface area (Å²) in [6.07, 6.45) is 6.08. The molecule has 19 heavy (non-hydrogen) atoms. The Kier molecular flexibility index (Phi) is 4.47. The van der Waals surface area contributed by atoms with Gasteiger partial charge in [-0.15, -0.1) is 0 Å². The third kappa shape index (κ3) is 3.28. The molecule has 0 spiro atoms. The molecule has 0 bridgehead atoms. The number of halogens is 1. The van der Waals surface area contributed by atoms with E-state index in [0.29, 0.717) is 18.8 Å². The summed E-state index contributed by atoms with van der Waals surface area (Å²) >= 11 is 6.05. The van der Waals surface area contributed by atoms with Crippen molar-refractivity contribution < 1.29 is 5.11 Å².